The van der Waals surface area contributed by atoms with E-state index in [1.165, 1.54) is 4.90 Å². The summed E-state index contributed by atoms with van der Waals surface area (Å²) in [5, 5.41) is 3.35. The molecule has 1 heterocycles. The van der Waals surface area contributed by atoms with Gasteiger partial charge in [-0.15, -0.1) is 0 Å². The molecule has 3 amide bonds. The maximum Gasteiger partial charge on any atom is 0.248 e. The van der Waals surface area contributed by atoms with Crippen molar-refractivity contribution < 1.29 is 14.4 Å². The summed E-state index contributed by atoms with van der Waals surface area (Å²) < 4.78 is 0.721. The molecule has 7 heteroatoms. The minimum Gasteiger partial charge on any atom is -0.324 e. The maximum atomic E-state index is 13.7. The van der Waals surface area contributed by atoms with Crippen LogP contribution in [0.4, 0.5) is 5.69 Å². The summed E-state index contributed by atoms with van der Waals surface area (Å²) in [6, 6.07) is 13.7. The van der Waals surface area contributed by atoms with Gasteiger partial charge in [0.15, 0.2) is 0 Å². The fraction of sp³-hybridized carbons (Fsp3) is 0.346. The number of anilines is 1. The zero-order chi connectivity index (χ0) is 22.9. The number of amides is 3. The average molecular weight is 526 g/mol. The number of nitrogens with one attached hydrogen (secondary N) is 1. The Morgan fingerprint density at radius 2 is 1.67 bits per heavy atom. The van der Waals surface area contributed by atoms with E-state index in [1.54, 1.807) is 18.2 Å². The van der Waals surface area contributed by atoms with E-state index in [-0.39, 0.29) is 47.8 Å². The number of rotatable bonds is 5. The van der Waals surface area contributed by atoms with E-state index in [1.807, 2.05) is 30.3 Å². The second-order valence-electron chi connectivity index (χ2n) is 9.52. The van der Waals surface area contributed by atoms with Crippen LogP contribution in [0.2, 0.25) is 5.02 Å². The third-order valence-electron chi connectivity index (χ3n) is 7.77. The van der Waals surface area contributed by atoms with Crippen LogP contribution < -0.4 is 5.32 Å². The summed E-state index contributed by atoms with van der Waals surface area (Å²) in [6.45, 7) is 0. The van der Waals surface area contributed by atoms with E-state index in [2.05, 4.69) is 33.4 Å². The molecule has 2 aromatic carbocycles. The van der Waals surface area contributed by atoms with E-state index in [0.29, 0.717) is 22.5 Å². The zero-order valence-corrected chi connectivity index (χ0v) is 20.0. The number of nitrogens with zero attached hydrogens (tertiary/aromatic N) is 1. The summed E-state index contributed by atoms with van der Waals surface area (Å²) in [6.07, 6.45) is 5.66. The van der Waals surface area contributed by atoms with Crippen molar-refractivity contribution in [3.05, 3.63) is 75.7 Å². The summed E-state index contributed by atoms with van der Waals surface area (Å²) in [4.78, 5) is 42.1. The predicted octanol–water partition coefficient (Wildman–Crippen LogP) is 4.71. The SMILES string of the molecule is O=C(Nc1ccc(Br)c(Cl)c1)[C@H](Cc1ccccc1)N1C(=O)[C@@H]2[C@H]3C=C[C@@H]([C@@H]4C[C@H]34)[C@@H]2C1=O. The second-order valence-corrected chi connectivity index (χ2v) is 10.8. The molecule has 1 saturated heterocycles. The minimum atomic E-state index is -0.920. The standard InChI is InChI=1S/C26H22BrClN2O3/c27-19-9-6-14(11-20(19)28)29-24(31)21(10-13-4-2-1-3-5-13)30-25(32)22-15-7-8-16(18-12-17(15)18)23(22)26(30)33/h1-9,11,15-18,21-23H,10,12H2,(H,29,31)/t15-,16-,17-,18+,21-,22-,23+/m0/s1. The van der Waals surface area contributed by atoms with Gasteiger partial charge in [-0.25, -0.2) is 0 Å². The van der Waals surface area contributed by atoms with Crippen LogP contribution in [0.3, 0.4) is 0 Å². The van der Waals surface area contributed by atoms with E-state index in [4.69, 9.17) is 11.6 Å². The number of carbonyl (C=O) groups is 3. The number of hydrogen-bond donors (Lipinski definition) is 1. The Labute approximate surface area is 205 Å². The molecule has 33 heavy (non-hydrogen) atoms. The zero-order valence-electron chi connectivity index (χ0n) is 17.7. The molecular weight excluding hydrogens is 504 g/mol. The predicted molar refractivity (Wildman–Crippen MR) is 128 cm³/mol. The molecule has 2 aromatic rings. The molecular formula is C26H22BrClN2O3. The van der Waals surface area contributed by atoms with Crippen molar-refractivity contribution in [2.45, 2.75) is 18.9 Å². The number of benzene rings is 2. The van der Waals surface area contributed by atoms with Crippen molar-refractivity contribution in [3.8, 4) is 0 Å². The molecule has 0 aromatic heterocycles. The van der Waals surface area contributed by atoms with Crippen molar-refractivity contribution in [2.24, 2.45) is 35.5 Å². The van der Waals surface area contributed by atoms with Crippen LogP contribution in [-0.2, 0) is 20.8 Å². The molecule has 0 unspecified atom stereocenters. The number of allylic oxidation sites excluding steroid dienone is 2. The largest absolute Gasteiger partial charge is 0.324 e. The van der Waals surface area contributed by atoms with Gasteiger partial charge < -0.3 is 5.32 Å². The maximum absolute atomic E-state index is 13.7. The molecule has 5 nitrogen and oxygen atoms in total. The van der Waals surface area contributed by atoms with Crippen molar-refractivity contribution >= 4 is 50.9 Å². The van der Waals surface area contributed by atoms with Gasteiger partial charge in [-0.1, -0.05) is 54.1 Å². The van der Waals surface area contributed by atoms with Gasteiger partial charge in [0.25, 0.3) is 0 Å². The van der Waals surface area contributed by atoms with Gasteiger partial charge in [-0.05, 0) is 69.8 Å². The Kier molecular flexibility index (Phi) is 5.00. The first kappa shape index (κ1) is 21.1. The van der Waals surface area contributed by atoms with Crippen molar-refractivity contribution in [1.29, 1.82) is 0 Å². The molecule has 0 spiro atoms. The summed E-state index contributed by atoms with van der Waals surface area (Å²) >= 11 is 9.55. The highest BCUT2D eigenvalue weighted by Crippen LogP contribution is 2.65. The van der Waals surface area contributed by atoms with Gasteiger partial charge in [0.05, 0.1) is 16.9 Å². The number of halogens is 2. The fourth-order valence-electron chi connectivity index (χ4n) is 6.23. The van der Waals surface area contributed by atoms with E-state index >= 15 is 0 Å². The van der Waals surface area contributed by atoms with Gasteiger partial charge in [-0.2, -0.15) is 0 Å². The van der Waals surface area contributed by atoms with E-state index in [9.17, 15) is 14.4 Å². The molecule has 2 bridgehead atoms. The first-order valence-corrected chi connectivity index (χ1v) is 12.5. The second kappa shape index (κ2) is 7.81. The topological polar surface area (TPSA) is 66.5 Å². The van der Waals surface area contributed by atoms with E-state index in [0.717, 1.165) is 16.5 Å². The molecule has 1 aliphatic heterocycles. The van der Waals surface area contributed by atoms with Gasteiger partial charge in [0.1, 0.15) is 6.04 Å². The molecule has 0 radical (unpaired) electrons. The van der Waals surface area contributed by atoms with Gasteiger partial charge in [-0.3, -0.25) is 19.3 Å². The molecule has 4 aliphatic carbocycles. The van der Waals surface area contributed by atoms with Gasteiger partial charge in [0, 0.05) is 16.6 Å². The highest BCUT2D eigenvalue weighted by molar-refractivity contribution is 9.10. The summed E-state index contributed by atoms with van der Waals surface area (Å²) in [5.74, 6) is -0.154. The van der Waals surface area contributed by atoms with Crippen LogP contribution in [-0.4, -0.2) is 28.7 Å². The van der Waals surface area contributed by atoms with Crippen LogP contribution in [0.5, 0.6) is 0 Å². The molecule has 1 N–H and O–H groups in total. The highest BCUT2D eigenvalue weighted by Gasteiger charge is 2.67. The van der Waals surface area contributed by atoms with Crippen LogP contribution in [0, 0.1) is 35.5 Å². The molecule has 2 saturated carbocycles. The van der Waals surface area contributed by atoms with Crippen LogP contribution >= 0.6 is 27.5 Å². The first-order chi connectivity index (χ1) is 15.9. The van der Waals surface area contributed by atoms with E-state index < -0.39 is 6.04 Å². The molecule has 5 aliphatic rings. The van der Waals surface area contributed by atoms with Crippen LogP contribution in [0.15, 0.2) is 65.2 Å². The van der Waals surface area contributed by atoms with Crippen LogP contribution in [0.1, 0.15) is 12.0 Å². The lowest BCUT2D eigenvalue weighted by Gasteiger charge is -2.37. The lowest BCUT2D eigenvalue weighted by Crippen LogP contribution is -2.49. The Morgan fingerprint density at radius 1 is 1.03 bits per heavy atom. The lowest BCUT2D eigenvalue weighted by molar-refractivity contribution is -0.146. The number of imide groups is 1. The highest BCUT2D eigenvalue weighted by atomic mass is 79.9. The smallest absolute Gasteiger partial charge is 0.248 e. The van der Waals surface area contributed by atoms with Gasteiger partial charge >= 0.3 is 0 Å². The first-order valence-electron chi connectivity index (χ1n) is 11.3. The molecule has 7 atom stereocenters. The van der Waals surface area contributed by atoms with Gasteiger partial charge in [0.2, 0.25) is 17.7 Å². The minimum absolute atomic E-state index is 0.122. The summed E-state index contributed by atoms with van der Waals surface area (Å²) in [5.41, 5.74) is 1.41. The van der Waals surface area contributed by atoms with Crippen molar-refractivity contribution in [2.75, 3.05) is 5.32 Å². The average Bonchev–Trinajstić information content (AvgIpc) is 3.59. The Hall–Kier alpha value is -2.44. The lowest BCUT2D eigenvalue weighted by atomic mass is 9.63. The molecule has 7 rings (SSSR count). The Morgan fingerprint density at radius 3 is 2.27 bits per heavy atom. The third kappa shape index (κ3) is 3.38. The third-order valence-corrected chi connectivity index (χ3v) is 9.00. The summed E-state index contributed by atoms with van der Waals surface area (Å²) in [7, 11) is 0. The molecule has 168 valence electrons. The normalized spacial score (nSPS) is 31.9. The van der Waals surface area contributed by atoms with Crippen molar-refractivity contribution in [1.82, 2.24) is 4.90 Å². The fourth-order valence-corrected chi connectivity index (χ4v) is 6.65. The Balaban J connectivity index is 1.33. The van der Waals surface area contributed by atoms with Crippen LogP contribution in [0.25, 0.3) is 0 Å². The quantitative estimate of drug-likeness (QED) is 0.454. The number of hydrogen-bond acceptors (Lipinski definition) is 3. The van der Waals surface area contributed by atoms with Crippen molar-refractivity contribution in [3.63, 3.8) is 0 Å². The molecule has 3 fully saturated rings. The Bertz CT molecular complexity index is 1160. The monoisotopic (exact) mass is 524 g/mol. The number of likely N-dealkylation sites (tertiary alicyclic amines) is 1. The number of carbonyl (C=O) groups excluding carboxylic acids is 3.